The summed E-state index contributed by atoms with van der Waals surface area (Å²) in [6.45, 7) is 3.20. The molecular weight excluding hydrogens is 414 g/mol. The molecule has 0 bridgehead atoms. The Bertz CT molecular complexity index is 854. The molecule has 142 valence electrons. The van der Waals surface area contributed by atoms with Crippen molar-refractivity contribution in [3.8, 4) is 0 Å². The van der Waals surface area contributed by atoms with Crippen LogP contribution in [0, 0.1) is 0 Å². The summed E-state index contributed by atoms with van der Waals surface area (Å²) in [5.74, 6) is 0. The van der Waals surface area contributed by atoms with Gasteiger partial charge in [0, 0.05) is 11.3 Å². The molecule has 0 amide bonds. The Morgan fingerprint density at radius 1 is 0.654 bits per heavy atom. The molecule has 0 saturated carbocycles. The van der Waals surface area contributed by atoms with Crippen molar-refractivity contribution in [3.63, 3.8) is 0 Å². The van der Waals surface area contributed by atoms with Crippen molar-refractivity contribution in [1.29, 1.82) is 0 Å². The van der Waals surface area contributed by atoms with Gasteiger partial charge in [0.25, 0.3) is 19.5 Å². The van der Waals surface area contributed by atoms with E-state index in [9.17, 15) is 25.9 Å². The molecule has 0 aliphatic carbocycles. The minimum absolute atomic E-state index is 0.433. The average molecular weight is 434 g/mol. The number of hydrogen-bond acceptors (Lipinski definition) is 4. The van der Waals surface area contributed by atoms with E-state index >= 15 is 0 Å². The first-order valence-electron chi connectivity index (χ1n) is 7.67. The highest BCUT2D eigenvalue weighted by Gasteiger charge is 2.41. The highest BCUT2D eigenvalue weighted by atomic mass is 32.8. The zero-order valence-corrected chi connectivity index (χ0v) is 17.6. The Morgan fingerprint density at radius 3 is 1.15 bits per heavy atom. The van der Waals surface area contributed by atoms with Gasteiger partial charge in [-0.3, -0.25) is 9.11 Å². The summed E-state index contributed by atoms with van der Waals surface area (Å²) in [6.07, 6.45) is 0. The third-order valence-corrected chi connectivity index (χ3v) is 15.4. The van der Waals surface area contributed by atoms with Gasteiger partial charge in [0.15, 0.2) is 0 Å². The van der Waals surface area contributed by atoms with E-state index < -0.39 is 45.0 Å². The molecule has 0 aliphatic rings. The molecule has 6 nitrogen and oxygen atoms in total. The number of hydrogen-bond donors (Lipinski definition) is 2. The molecule has 2 rings (SSSR count). The maximum atomic E-state index is 12.1. The number of rotatable bonds is 7. The Labute approximate surface area is 156 Å². The Balaban J connectivity index is 2.51. The van der Waals surface area contributed by atoms with Crippen LogP contribution in [0.5, 0.6) is 0 Å². The molecule has 0 fully saturated rings. The minimum atomic E-state index is -4.42. The van der Waals surface area contributed by atoms with Crippen LogP contribution in [-0.2, 0) is 19.5 Å². The monoisotopic (exact) mass is 434 g/mol. The van der Waals surface area contributed by atoms with Crippen LogP contribution in [0.25, 0.3) is 0 Å². The molecule has 0 aliphatic heterocycles. The molecule has 0 spiro atoms. The van der Waals surface area contributed by atoms with Gasteiger partial charge >= 0.3 is 0 Å². The van der Waals surface area contributed by atoms with E-state index in [0.29, 0.717) is 10.6 Å². The van der Waals surface area contributed by atoms with Crippen molar-refractivity contribution in [2.45, 2.75) is 25.2 Å². The van der Waals surface area contributed by atoms with Crippen LogP contribution < -0.4 is 10.6 Å². The van der Waals surface area contributed by atoms with Gasteiger partial charge in [0.1, 0.15) is 0 Å². The van der Waals surface area contributed by atoms with Crippen molar-refractivity contribution < 1.29 is 25.9 Å². The quantitative estimate of drug-likeness (QED) is 0.512. The predicted molar refractivity (Wildman–Crippen MR) is 108 cm³/mol. The second-order valence-electron chi connectivity index (χ2n) is 5.70. The van der Waals surface area contributed by atoms with E-state index in [1.54, 1.807) is 74.5 Å². The minimum Gasteiger partial charge on any atom is -0.282 e. The van der Waals surface area contributed by atoms with Crippen molar-refractivity contribution in [3.05, 3.63) is 60.7 Å². The molecule has 26 heavy (non-hydrogen) atoms. The Hall–Kier alpha value is -0.880. The molecule has 2 aromatic carbocycles. The SMILES string of the molecule is CC(C(C)P(c1ccccc1)S(=O)(=O)O)P(c1ccccc1)S(=O)(=O)O. The van der Waals surface area contributed by atoms with Gasteiger partial charge in [0.05, 0.1) is 14.2 Å². The van der Waals surface area contributed by atoms with Gasteiger partial charge in [-0.25, -0.2) is 0 Å². The molecule has 0 aromatic heterocycles. The molecule has 4 atom stereocenters. The molecule has 0 radical (unpaired) electrons. The van der Waals surface area contributed by atoms with Crippen molar-refractivity contribution in [2.24, 2.45) is 0 Å². The smallest absolute Gasteiger partial charge is 0.282 e. The topological polar surface area (TPSA) is 109 Å². The maximum absolute atomic E-state index is 12.1. The van der Waals surface area contributed by atoms with E-state index in [1.807, 2.05) is 0 Å². The number of benzene rings is 2. The van der Waals surface area contributed by atoms with E-state index in [2.05, 4.69) is 0 Å². The first-order valence-corrected chi connectivity index (χ1v) is 14.6. The van der Waals surface area contributed by atoms with Crippen LogP contribution in [0.2, 0.25) is 0 Å². The summed E-state index contributed by atoms with van der Waals surface area (Å²) in [6, 6.07) is 16.5. The predicted octanol–water partition coefficient (Wildman–Crippen LogP) is 2.98. The lowest BCUT2D eigenvalue weighted by atomic mass is 10.3. The van der Waals surface area contributed by atoms with Crippen molar-refractivity contribution in [2.75, 3.05) is 0 Å². The van der Waals surface area contributed by atoms with E-state index in [1.165, 1.54) is 0 Å². The van der Waals surface area contributed by atoms with Gasteiger partial charge in [-0.2, -0.15) is 16.8 Å². The third kappa shape index (κ3) is 5.10. The van der Waals surface area contributed by atoms with Gasteiger partial charge < -0.3 is 0 Å². The molecular formula is C16H20O6P2S2. The van der Waals surface area contributed by atoms with Crippen LogP contribution >= 0.6 is 14.2 Å². The first kappa shape index (κ1) is 21.4. The van der Waals surface area contributed by atoms with Crippen LogP contribution in [0.3, 0.4) is 0 Å². The summed E-state index contributed by atoms with van der Waals surface area (Å²) in [7, 11) is -13.0. The fraction of sp³-hybridized carbons (Fsp3) is 0.250. The van der Waals surface area contributed by atoms with E-state index in [-0.39, 0.29) is 0 Å². The van der Waals surface area contributed by atoms with Gasteiger partial charge in [-0.05, 0) is 10.6 Å². The molecule has 2 N–H and O–H groups in total. The molecule has 10 heteroatoms. The van der Waals surface area contributed by atoms with Crippen molar-refractivity contribution >= 4 is 44.3 Å². The zero-order chi connectivity index (χ0) is 19.5. The summed E-state index contributed by atoms with van der Waals surface area (Å²) in [4.78, 5) is 0. The largest absolute Gasteiger partial charge is 0.285 e. The normalized spacial score (nSPS) is 17.2. The highest BCUT2D eigenvalue weighted by molar-refractivity contribution is 8.51. The lowest BCUT2D eigenvalue weighted by molar-refractivity contribution is 0.498. The van der Waals surface area contributed by atoms with Crippen LogP contribution in [0.15, 0.2) is 60.7 Å². The summed E-state index contributed by atoms with van der Waals surface area (Å²) >= 11 is 0. The third-order valence-electron chi connectivity index (χ3n) is 3.96. The maximum Gasteiger partial charge on any atom is 0.285 e. The second-order valence-corrected chi connectivity index (χ2v) is 16.6. The van der Waals surface area contributed by atoms with Gasteiger partial charge in [-0.1, -0.05) is 74.5 Å². The molecule has 0 saturated heterocycles. The highest BCUT2D eigenvalue weighted by Crippen LogP contribution is 2.56. The van der Waals surface area contributed by atoms with Gasteiger partial charge in [-0.15, -0.1) is 0 Å². The summed E-state index contributed by atoms with van der Waals surface area (Å²) in [5.41, 5.74) is -1.40. The van der Waals surface area contributed by atoms with E-state index in [4.69, 9.17) is 0 Å². The summed E-state index contributed by atoms with van der Waals surface area (Å²) < 4.78 is 67.9. The Morgan fingerprint density at radius 2 is 0.923 bits per heavy atom. The standard InChI is InChI=1S/C16H20O6P2S2/c1-13(23(25(17,18)19)15-9-5-3-6-10-15)14(2)24(26(20,21)22)16-11-7-4-8-12-16/h3-14H,1-2H3,(H,17,18,19)(H,20,21,22). The van der Waals surface area contributed by atoms with E-state index in [0.717, 1.165) is 0 Å². The lowest BCUT2D eigenvalue weighted by Gasteiger charge is -2.31. The Kier molecular flexibility index (Phi) is 6.94. The fourth-order valence-corrected chi connectivity index (χ4v) is 14.0. The average Bonchev–Trinajstić information content (AvgIpc) is 2.54. The molecule has 0 heterocycles. The van der Waals surface area contributed by atoms with Crippen molar-refractivity contribution in [1.82, 2.24) is 0 Å². The van der Waals surface area contributed by atoms with Gasteiger partial charge in [0.2, 0.25) is 0 Å². The fourth-order valence-electron chi connectivity index (χ4n) is 2.70. The van der Waals surface area contributed by atoms with Crippen LogP contribution in [0.4, 0.5) is 0 Å². The zero-order valence-electron chi connectivity index (χ0n) is 14.2. The molecule has 4 unspecified atom stereocenters. The lowest BCUT2D eigenvalue weighted by Crippen LogP contribution is -2.29. The molecule has 2 aromatic rings. The van der Waals surface area contributed by atoms with Crippen LogP contribution in [-0.4, -0.2) is 37.3 Å². The second kappa shape index (κ2) is 8.42. The van der Waals surface area contributed by atoms with Crippen LogP contribution in [0.1, 0.15) is 13.8 Å². The first-order chi connectivity index (χ1) is 12.0. The summed E-state index contributed by atoms with van der Waals surface area (Å²) in [5, 5.41) is 0.866.